The lowest BCUT2D eigenvalue weighted by molar-refractivity contribution is -0.122. The first-order valence-electron chi connectivity index (χ1n) is 5.55. The Labute approximate surface area is 122 Å². The molecule has 6 heteroatoms. The number of hydrogen-bond acceptors (Lipinski definition) is 2. The van der Waals surface area contributed by atoms with Gasteiger partial charge in [-0.25, -0.2) is 0 Å². The molecule has 0 radical (unpaired) electrons. The average Bonchev–Trinajstić information content (AvgIpc) is 3.04. The quantitative estimate of drug-likeness (QED) is 0.898. The van der Waals surface area contributed by atoms with Crippen molar-refractivity contribution < 1.29 is 4.79 Å². The number of carbonyl (C=O) groups is 1. The fourth-order valence-electron chi connectivity index (χ4n) is 1.97. The van der Waals surface area contributed by atoms with Gasteiger partial charge in [0.05, 0.1) is 0 Å². The van der Waals surface area contributed by atoms with E-state index >= 15 is 0 Å². The van der Waals surface area contributed by atoms with Crippen LogP contribution >= 0.6 is 35.6 Å². The van der Waals surface area contributed by atoms with Crippen molar-refractivity contribution in [3.05, 3.63) is 33.8 Å². The van der Waals surface area contributed by atoms with E-state index in [1.54, 1.807) is 6.07 Å². The first-order valence-corrected chi connectivity index (χ1v) is 6.31. The van der Waals surface area contributed by atoms with Crippen LogP contribution in [0.3, 0.4) is 0 Å². The molecule has 3 nitrogen and oxygen atoms in total. The molecule has 0 spiro atoms. The molecule has 1 aliphatic carbocycles. The summed E-state index contributed by atoms with van der Waals surface area (Å²) >= 11 is 11.9. The molecular formula is C12H15Cl3N2O. The van der Waals surface area contributed by atoms with Gasteiger partial charge in [-0.2, -0.15) is 0 Å². The van der Waals surface area contributed by atoms with Crippen LogP contribution in [-0.4, -0.2) is 19.0 Å². The molecule has 18 heavy (non-hydrogen) atoms. The highest BCUT2D eigenvalue weighted by molar-refractivity contribution is 6.34. The molecule has 2 unspecified atom stereocenters. The second-order valence-corrected chi connectivity index (χ2v) is 5.10. The van der Waals surface area contributed by atoms with Crippen molar-refractivity contribution in [2.24, 2.45) is 11.7 Å². The van der Waals surface area contributed by atoms with Crippen LogP contribution in [0.1, 0.15) is 17.9 Å². The Hall–Kier alpha value is -0.480. The maximum Gasteiger partial charge on any atom is 0.223 e. The predicted octanol–water partition coefficient (Wildman–Crippen LogP) is 2.59. The Balaban J connectivity index is 0.00000162. The molecule has 0 heterocycles. The van der Waals surface area contributed by atoms with Crippen LogP contribution < -0.4 is 11.1 Å². The maximum atomic E-state index is 11.7. The van der Waals surface area contributed by atoms with Crippen molar-refractivity contribution in [1.82, 2.24) is 5.32 Å². The van der Waals surface area contributed by atoms with Gasteiger partial charge < -0.3 is 11.1 Å². The van der Waals surface area contributed by atoms with Crippen molar-refractivity contribution in [3.63, 3.8) is 0 Å². The molecule has 3 N–H and O–H groups in total. The SMILES string of the molecule is Cl.NCCNC(=O)C1CC1c1cc(Cl)cc(Cl)c1. The third kappa shape index (κ3) is 3.75. The zero-order valence-corrected chi connectivity index (χ0v) is 12.0. The largest absolute Gasteiger partial charge is 0.355 e. The number of carbonyl (C=O) groups excluding carboxylic acids is 1. The van der Waals surface area contributed by atoms with Crippen LogP contribution in [0.2, 0.25) is 10.0 Å². The number of benzene rings is 1. The number of hydrogen-bond donors (Lipinski definition) is 2. The normalized spacial score (nSPS) is 21.1. The molecule has 0 bridgehead atoms. The summed E-state index contributed by atoms with van der Waals surface area (Å²) in [5.74, 6) is 0.344. The van der Waals surface area contributed by atoms with E-state index < -0.39 is 0 Å². The van der Waals surface area contributed by atoms with E-state index in [-0.39, 0.29) is 30.2 Å². The van der Waals surface area contributed by atoms with Crippen molar-refractivity contribution in [1.29, 1.82) is 0 Å². The molecule has 2 rings (SSSR count). The minimum Gasteiger partial charge on any atom is -0.355 e. The monoisotopic (exact) mass is 308 g/mol. The third-order valence-corrected chi connectivity index (χ3v) is 3.32. The Bertz CT molecular complexity index is 419. The fourth-order valence-corrected chi connectivity index (χ4v) is 2.51. The topological polar surface area (TPSA) is 55.1 Å². The van der Waals surface area contributed by atoms with Gasteiger partial charge >= 0.3 is 0 Å². The summed E-state index contributed by atoms with van der Waals surface area (Å²) in [7, 11) is 0. The smallest absolute Gasteiger partial charge is 0.223 e. The number of rotatable bonds is 4. The van der Waals surface area contributed by atoms with Gasteiger partial charge in [0.2, 0.25) is 5.91 Å². The molecule has 1 fully saturated rings. The fraction of sp³-hybridized carbons (Fsp3) is 0.417. The molecular weight excluding hydrogens is 295 g/mol. The Morgan fingerprint density at radius 2 is 1.94 bits per heavy atom. The van der Waals surface area contributed by atoms with Gasteiger partial charge in [-0.1, -0.05) is 23.2 Å². The Morgan fingerprint density at radius 1 is 1.33 bits per heavy atom. The van der Waals surface area contributed by atoms with Gasteiger partial charge in [0.15, 0.2) is 0 Å². The van der Waals surface area contributed by atoms with Crippen molar-refractivity contribution in [3.8, 4) is 0 Å². The Morgan fingerprint density at radius 3 is 2.50 bits per heavy atom. The van der Waals surface area contributed by atoms with E-state index in [1.807, 2.05) is 12.1 Å². The maximum absolute atomic E-state index is 11.7. The van der Waals surface area contributed by atoms with Gasteiger partial charge in [-0.15, -0.1) is 12.4 Å². The number of amides is 1. The van der Waals surface area contributed by atoms with E-state index in [0.717, 1.165) is 12.0 Å². The molecule has 1 aromatic rings. The van der Waals surface area contributed by atoms with E-state index in [4.69, 9.17) is 28.9 Å². The van der Waals surface area contributed by atoms with Gasteiger partial charge in [-0.3, -0.25) is 4.79 Å². The van der Waals surface area contributed by atoms with Crippen LogP contribution in [0.5, 0.6) is 0 Å². The third-order valence-electron chi connectivity index (χ3n) is 2.88. The molecule has 0 saturated heterocycles. The summed E-state index contributed by atoms with van der Waals surface area (Å²) in [5.41, 5.74) is 6.37. The van der Waals surface area contributed by atoms with E-state index in [0.29, 0.717) is 23.1 Å². The molecule has 1 aromatic carbocycles. The molecule has 100 valence electrons. The lowest BCUT2D eigenvalue weighted by Crippen LogP contribution is -2.30. The van der Waals surface area contributed by atoms with E-state index in [2.05, 4.69) is 5.32 Å². The van der Waals surface area contributed by atoms with Gasteiger partial charge in [0.1, 0.15) is 0 Å². The van der Waals surface area contributed by atoms with Crippen LogP contribution in [0.25, 0.3) is 0 Å². The zero-order chi connectivity index (χ0) is 12.4. The van der Waals surface area contributed by atoms with Crippen LogP contribution in [0.4, 0.5) is 0 Å². The van der Waals surface area contributed by atoms with Crippen LogP contribution in [-0.2, 0) is 4.79 Å². The van der Waals surface area contributed by atoms with Gasteiger partial charge in [0.25, 0.3) is 0 Å². The van der Waals surface area contributed by atoms with Crippen molar-refractivity contribution in [2.75, 3.05) is 13.1 Å². The van der Waals surface area contributed by atoms with Crippen LogP contribution in [0, 0.1) is 5.92 Å². The summed E-state index contributed by atoms with van der Waals surface area (Å²) in [4.78, 5) is 11.7. The number of nitrogens with two attached hydrogens (primary N) is 1. The minimum atomic E-state index is 0. The number of halogens is 3. The lowest BCUT2D eigenvalue weighted by Gasteiger charge is -2.04. The van der Waals surface area contributed by atoms with Crippen LogP contribution in [0.15, 0.2) is 18.2 Å². The van der Waals surface area contributed by atoms with Crippen molar-refractivity contribution >= 4 is 41.5 Å². The summed E-state index contributed by atoms with van der Waals surface area (Å²) in [6.07, 6.45) is 0.854. The lowest BCUT2D eigenvalue weighted by atomic mass is 10.1. The summed E-state index contributed by atoms with van der Waals surface area (Å²) in [6, 6.07) is 5.43. The Kier molecular flexibility index (Phi) is 5.73. The highest BCUT2D eigenvalue weighted by atomic mass is 35.5. The highest BCUT2D eigenvalue weighted by Gasteiger charge is 2.43. The second kappa shape index (κ2) is 6.62. The first kappa shape index (κ1) is 15.6. The second-order valence-electron chi connectivity index (χ2n) is 4.23. The minimum absolute atomic E-state index is 0. The number of nitrogens with one attached hydrogen (secondary N) is 1. The molecule has 0 aromatic heterocycles. The standard InChI is InChI=1S/C12H14Cl2N2O.ClH/c13-8-3-7(4-9(14)5-8)10-6-11(10)12(17)16-2-1-15;/h3-5,10-11H,1-2,6,15H2,(H,16,17);1H. The van der Waals surface area contributed by atoms with Gasteiger partial charge in [-0.05, 0) is 36.1 Å². The van der Waals surface area contributed by atoms with E-state index in [9.17, 15) is 4.79 Å². The summed E-state index contributed by atoms with van der Waals surface area (Å²) in [5, 5.41) is 4.02. The van der Waals surface area contributed by atoms with E-state index in [1.165, 1.54) is 0 Å². The molecule has 1 amide bonds. The first-order chi connectivity index (χ1) is 8.11. The molecule has 0 aliphatic heterocycles. The predicted molar refractivity (Wildman–Crippen MR) is 76.6 cm³/mol. The molecule has 1 aliphatic rings. The van der Waals surface area contributed by atoms with Gasteiger partial charge in [0, 0.05) is 29.1 Å². The summed E-state index contributed by atoms with van der Waals surface area (Å²) < 4.78 is 0. The van der Waals surface area contributed by atoms with Crippen molar-refractivity contribution in [2.45, 2.75) is 12.3 Å². The average molecular weight is 310 g/mol. The highest BCUT2D eigenvalue weighted by Crippen LogP contribution is 2.48. The molecule has 1 saturated carbocycles. The molecule has 2 atom stereocenters. The summed E-state index contributed by atoms with van der Waals surface area (Å²) in [6.45, 7) is 0.991. The zero-order valence-electron chi connectivity index (χ0n) is 9.66.